The fourth-order valence-corrected chi connectivity index (χ4v) is 4.42. The predicted octanol–water partition coefficient (Wildman–Crippen LogP) is 4.45. The van der Waals surface area contributed by atoms with Crippen molar-refractivity contribution >= 4 is 11.8 Å². The number of hydrogen-bond acceptors (Lipinski definition) is 3. The summed E-state index contributed by atoms with van der Waals surface area (Å²) in [5.41, 5.74) is 2.91. The second-order valence-corrected chi connectivity index (χ2v) is 7.37. The van der Waals surface area contributed by atoms with Crippen LogP contribution >= 0.6 is 11.8 Å². The van der Waals surface area contributed by atoms with Gasteiger partial charge < -0.3 is 9.64 Å². The van der Waals surface area contributed by atoms with Gasteiger partial charge >= 0.3 is 0 Å². The van der Waals surface area contributed by atoms with Crippen molar-refractivity contribution in [2.24, 2.45) is 0 Å². The van der Waals surface area contributed by atoms with Crippen molar-refractivity contribution < 1.29 is 4.74 Å². The van der Waals surface area contributed by atoms with E-state index in [0.29, 0.717) is 5.92 Å². The van der Waals surface area contributed by atoms with Gasteiger partial charge in [0.1, 0.15) is 5.75 Å². The minimum atomic E-state index is 0.637. The molecule has 3 rings (SSSR count). The van der Waals surface area contributed by atoms with Crippen LogP contribution < -0.4 is 4.74 Å². The van der Waals surface area contributed by atoms with Crippen molar-refractivity contribution in [2.45, 2.75) is 23.7 Å². The molecule has 0 bridgehead atoms. The molecule has 0 saturated heterocycles. The number of thioether (sulfide) groups is 1. The molecule has 2 aromatic carbocycles. The first-order valence-electron chi connectivity index (χ1n) is 8.29. The van der Waals surface area contributed by atoms with E-state index in [-0.39, 0.29) is 0 Å². The zero-order valence-electron chi connectivity index (χ0n) is 14.0. The standard InChI is InChI=1S/C20H25NOS/c1-21(12-10-16-6-4-3-5-7-16)15-17-11-13-23-20-14-18(22-2)8-9-19(17)20/h3-9,14,17H,10-13,15H2,1-2H3. The number of fused-ring (bicyclic) bond motifs is 1. The molecule has 1 aliphatic rings. The molecule has 0 fully saturated rings. The highest BCUT2D eigenvalue weighted by Gasteiger charge is 2.22. The Balaban J connectivity index is 1.60. The number of ether oxygens (including phenoxy) is 1. The monoisotopic (exact) mass is 327 g/mol. The number of nitrogens with zero attached hydrogens (tertiary/aromatic N) is 1. The van der Waals surface area contributed by atoms with Crippen LogP contribution in [0.5, 0.6) is 5.75 Å². The SMILES string of the molecule is COc1ccc2c(c1)SCCC2CN(C)CCc1ccccc1. The summed E-state index contributed by atoms with van der Waals surface area (Å²) in [6.07, 6.45) is 2.38. The van der Waals surface area contributed by atoms with Gasteiger partial charge in [-0.2, -0.15) is 0 Å². The molecular weight excluding hydrogens is 302 g/mol. The fraction of sp³-hybridized carbons (Fsp3) is 0.400. The van der Waals surface area contributed by atoms with E-state index in [9.17, 15) is 0 Å². The maximum absolute atomic E-state index is 5.36. The quantitative estimate of drug-likeness (QED) is 0.778. The smallest absolute Gasteiger partial charge is 0.119 e. The predicted molar refractivity (Wildman–Crippen MR) is 98.7 cm³/mol. The summed E-state index contributed by atoms with van der Waals surface area (Å²) in [6.45, 7) is 2.24. The average Bonchev–Trinajstić information content (AvgIpc) is 2.60. The summed E-state index contributed by atoms with van der Waals surface area (Å²) >= 11 is 1.96. The molecule has 0 radical (unpaired) electrons. The molecular formula is C20H25NOS. The van der Waals surface area contributed by atoms with Gasteiger partial charge in [0.2, 0.25) is 0 Å². The maximum Gasteiger partial charge on any atom is 0.119 e. The molecule has 3 heteroatoms. The van der Waals surface area contributed by atoms with Crippen LogP contribution in [0.15, 0.2) is 53.4 Å². The third-order valence-corrected chi connectivity index (χ3v) is 5.65. The van der Waals surface area contributed by atoms with E-state index in [0.717, 1.165) is 25.3 Å². The number of rotatable bonds is 6. The Kier molecular flexibility index (Phi) is 5.63. The molecule has 1 atom stereocenters. The molecule has 1 aliphatic heterocycles. The number of benzene rings is 2. The van der Waals surface area contributed by atoms with Crippen LogP contribution in [-0.2, 0) is 6.42 Å². The second kappa shape index (κ2) is 7.89. The molecule has 122 valence electrons. The van der Waals surface area contributed by atoms with Gasteiger partial charge in [0, 0.05) is 18.0 Å². The lowest BCUT2D eigenvalue weighted by Crippen LogP contribution is -2.28. The van der Waals surface area contributed by atoms with Crippen LogP contribution in [0.1, 0.15) is 23.5 Å². The van der Waals surface area contributed by atoms with E-state index >= 15 is 0 Å². The van der Waals surface area contributed by atoms with Gasteiger partial charge in [0.05, 0.1) is 7.11 Å². The second-order valence-electron chi connectivity index (χ2n) is 6.24. The van der Waals surface area contributed by atoms with E-state index < -0.39 is 0 Å². The minimum Gasteiger partial charge on any atom is -0.497 e. The van der Waals surface area contributed by atoms with Crippen molar-refractivity contribution in [1.82, 2.24) is 4.90 Å². The van der Waals surface area contributed by atoms with Gasteiger partial charge in [0.15, 0.2) is 0 Å². The number of hydrogen-bond donors (Lipinski definition) is 0. The van der Waals surface area contributed by atoms with Gasteiger partial charge in [0.25, 0.3) is 0 Å². The first kappa shape index (κ1) is 16.4. The van der Waals surface area contributed by atoms with Gasteiger partial charge in [-0.25, -0.2) is 0 Å². The first-order chi connectivity index (χ1) is 11.3. The van der Waals surface area contributed by atoms with E-state index in [1.165, 1.54) is 28.2 Å². The molecule has 0 aromatic heterocycles. The van der Waals surface area contributed by atoms with E-state index in [4.69, 9.17) is 4.74 Å². The molecule has 0 spiro atoms. The lowest BCUT2D eigenvalue weighted by Gasteiger charge is -2.29. The van der Waals surface area contributed by atoms with Crippen LogP contribution in [0, 0.1) is 0 Å². The van der Waals surface area contributed by atoms with Crippen LogP contribution in [-0.4, -0.2) is 37.9 Å². The molecule has 0 saturated carbocycles. The fourth-order valence-electron chi connectivity index (χ4n) is 3.19. The van der Waals surface area contributed by atoms with Crippen molar-refractivity contribution in [3.05, 3.63) is 59.7 Å². The molecule has 2 aromatic rings. The van der Waals surface area contributed by atoms with Gasteiger partial charge in [-0.1, -0.05) is 36.4 Å². The van der Waals surface area contributed by atoms with Crippen LogP contribution in [0.4, 0.5) is 0 Å². The van der Waals surface area contributed by atoms with Crippen molar-refractivity contribution in [2.75, 3.05) is 33.0 Å². The minimum absolute atomic E-state index is 0.637. The summed E-state index contributed by atoms with van der Waals surface area (Å²) in [5.74, 6) is 2.81. The lowest BCUT2D eigenvalue weighted by atomic mass is 9.95. The zero-order valence-corrected chi connectivity index (χ0v) is 14.8. The molecule has 1 unspecified atom stereocenters. The Labute approximate surface area is 143 Å². The van der Waals surface area contributed by atoms with Crippen LogP contribution in [0.2, 0.25) is 0 Å². The highest BCUT2D eigenvalue weighted by Crippen LogP contribution is 2.39. The third kappa shape index (κ3) is 4.30. The Morgan fingerprint density at radius 1 is 1.17 bits per heavy atom. The Bertz CT molecular complexity index is 629. The van der Waals surface area contributed by atoms with Crippen molar-refractivity contribution in [3.8, 4) is 5.75 Å². The Morgan fingerprint density at radius 2 is 2.00 bits per heavy atom. The lowest BCUT2D eigenvalue weighted by molar-refractivity contribution is 0.309. The van der Waals surface area contributed by atoms with Gasteiger partial charge in [-0.05, 0) is 54.8 Å². The highest BCUT2D eigenvalue weighted by atomic mass is 32.2. The number of methoxy groups -OCH3 is 1. The van der Waals surface area contributed by atoms with E-state index in [1.807, 2.05) is 11.8 Å². The van der Waals surface area contributed by atoms with E-state index in [2.05, 4.69) is 60.5 Å². The summed E-state index contributed by atoms with van der Waals surface area (Å²) < 4.78 is 5.36. The van der Waals surface area contributed by atoms with Crippen LogP contribution in [0.3, 0.4) is 0 Å². The molecule has 23 heavy (non-hydrogen) atoms. The number of likely N-dealkylation sites (N-methyl/N-ethyl adjacent to an activating group) is 1. The third-order valence-electron chi connectivity index (χ3n) is 4.54. The maximum atomic E-state index is 5.36. The molecule has 0 amide bonds. The van der Waals surface area contributed by atoms with Crippen molar-refractivity contribution in [1.29, 1.82) is 0 Å². The van der Waals surface area contributed by atoms with Gasteiger partial charge in [-0.15, -0.1) is 11.8 Å². The van der Waals surface area contributed by atoms with E-state index in [1.54, 1.807) is 7.11 Å². The van der Waals surface area contributed by atoms with Gasteiger partial charge in [-0.3, -0.25) is 0 Å². The summed E-state index contributed by atoms with van der Waals surface area (Å²) in [6, 6.07) is 17.3. The highest BCUT2D eigenvalue weighted by molar-refractivity contribution is 7.99. The summed E-state index contributed by atoms with van der Waals surface area (Å²) in [5, 5.41) is 0. The summed E-state index contributed by atoms with van der Waals surface area (Å²) in [7, 11) is 3.98. The Hall–Kier alpha value is -1.45. The molecule has 0 aliphatic carbocycles. The molecule has 1 heterocycles. The average molecular weight is 327 g/mol. The normalized spacial score (nSPS) is 17.1. The first-order valence-corrected chi connectivity index (χ1v) is 9.28. The molecule has 2 nitrogen and oxygen atoms in total. The van der Waals surface area contributed by atoms with Crippen LogP contribution in [0.25, 0.3) is 0 Å². The Morgan fingerprint density at radius 3 is 2.78 bits per heavy atom. The summed E-state index contributed by atoms with van der Waals surface area (Å²) in [4.78, 5) is 3.87. The zero-order chi connectivity index (χ0) is 16.1. The largest absolute Gasteiger partial charge is 0.497 e. The topological polar surface area (TPSA) is 12.5 Å². The molecule has 0 N–H and O–H groups in total. The van der Waals surface area contributed by atoms with Crippen molar-refractivity contribution in [3.63, 3.8) is 0 Å².